The van der Waals surface area contributed by atoms with E-state index in [1.165, 1.54) is 41.8 Å². The van der Waals surface area contributed by atoms with Gasteiger partial charge in [0.1, 0.15) is 5.75 Å². The van der Waals surface area contributed by atoms with E-state index >= 15 is 0 Å². The first-order chi connectivity index (χ1) is 14.0. The van der Waals surface area contributed by atoms with E-state index in [1.54, 1.807) is 23.6 Å². The number of anilines is 2. The lowest BCUT2D eigenvalue weighted by Crippen LogP contribution is -2.20. The van der Waals surface area contributed by atoms with Crippen molar-refractivity contribution in [1.29, 1.82) is 0 Å². The Kier molecular flexibility index (Phi) is 5.23. The molecule has 0 saturated heterocycles. The summed E-state index contributed by atoms with van der Waals surface area (Å²) in [6, 6.07) is 10.8. The number of sulfonamides is 1. The summed E-state index contributed by atoms with van der Waals surface area (Å²) in [6.45, 7) is -0.0599. The van der Waals surface area contributed by atoms with Crippen molar-refractivity contribution in [2.24, 2.45) is 0 Å². The van der Waals surface area contributed by atoms with E-state index < -0.39 is 10.0 Å². The first-order valence-electron chi connectivity index (χ1n) is 8.34. The third-order valence-corrected chi connectivity index (χ3v) is 5.99. The highest BCUT2D eigenvalue weighted by atomic mass is 32.2. The van der Waals surface area contributed by atoms with Crippen molar-refractivity contribution in [3.63, 3.8) is 0 Å². The third-order valence-electron chi connectivity index (χ3n) is 3.82. The minimum atomic E-state index is -3.74. The van der Waals surface area contributed by atoms with Crippen LogP contribution in [-0.2, 0) is 14.8 Å². The molecule has 0 unspecified atom stereocenters. The summed E-state index contributed by atoms with van der Waals surface area (Å²) >= 11 is 1.18. The Hall–Kier alpha value is -3.31. The second-order valence-corrected chi connectivity index (χ2v) is 8.40. The number of nitrogens with one attached hydrogen (secondary N) is 2. The number of carbonyl (C=O) groups is 1. The van der Waals surface area contributed by atoms with Crippen LogP contribution in [-0.4, -0.2) is 32.7 Å². The molecule has 1 aromatic heterocycles. The van der Waals surface area contributed by atoms with E-state index in [2.05, 4.69) is 15.0 Å². The van der Waals surface area contributed by atoms with E-state index in [9.17, 15) is 13.2 Å². The fourth-order valence-corrected chi connectivity index (χ4v) is 4.27. The number of hydrogen-bond donors (Lipinski definition) is 2. The number of nitrogens with zero attached hydrogens (tertiary/aromatic N) is 1. The average molecular weight is 433 g/mol. The summed E-state index contributed by atoms with van der Waals surface area (Å²) in [5.41, 5.74) is 0.442. The molecule has 0 spiro atoms. The lowest BCUT2D eigenvalue weighted by Gasteiger charge is -2.09. The summed E-state index contributed by atoms with van der Waals surface area (Å²) in [5, 5.41) is 4.59. The highest BCUT2D eigenvalue weighted by molar-refractivity contribution is 7.93. The molecule has 0 saturated carbocycles. The van der Waals surface area contributed by atoms with Gasteiger partial charge in [0.05, 0.1) is 4.90 Å². The van der Waals surface area contributed by atoms with Crippen molar-refractivity contribution in [3.05, 3.63) is 54.0 Å². The molecule has 1 aliphatic heterocycles. The number of fused-ring (bicyclic) bond motifs is 1. The standard InChI is InChI=1S/C18H15N3O6S2/c22-17(10-25-13-3-6-15-16(9-13)27-11-26-15)20-12-1-4-14(5-2-12)29(23,24)21-18-19-7-8-28-18/h1-9H,10-11H2,(H,19,21)(H,20,22). The quantitative estimate of drug-likeness (QED) is 0.588. The first-order valence-corrected chi connectivity index (χ1v) is 10.7. The lowest BCUT2D eigenvalue weighted by atomic mass is 10.3. The van der Waals surface area contributed by atoms with Crippen molar-refractivity contribution < 1.29 is 27.4 Å². The van der Waals surface area contributed by atoms with E-state index in [-0.39, 0.29) is 29.3 Å². The van der Waals surface area contributed by atoms with Crippen LogP contribution in [0.3, 0.4) is 0 Å². The summed E-state index contributed by atoms with van der Waals surface area (Å²) in [5.74, 6) is 1.27. The van der Waals surface area contributed by atoms with Gasteiger partial charge in [-0.25, -0.2) is 13.4 Å². The van der Waals surface area contributed by atoms with Gasteiger partial charge in [0, 0.05) is 23.3 Å². The zero-order chi connectivity index (χ0) is 20.3. The van der Waals surface area contributed by atoms with E-state index in [0.29, 0.717) is 22.9 Å². The van der Waals surface area contributed by atoms with Gasteiger partial charge in [-0.1, -0.05) is 0 Å². The van der Waals surface area contributed by atoms with Crippen LogP contribution in [0.5, 0.6) is 17.2 Å². The molecule has 4 rings (SSSR count). The van der Waals surface area contributed by atoms with Gasteiger partial charge in [-0.3, -0.25) is 9.52 Å². The molecule has 2 N–H and O–H groups in total. The molecule has 29 heavy (non-hydrogen) atoms. The number of amides is 1. The number of benzene rings is 2. The molecule has 9 nitrogen and oxygen atoms in total. The van der Waals surface area contributed by atoms with Crippen molar-refractivity contribution in [1.82, 2.24) is 4.98 Å². The molecule has 0 radical (unpaired) electrons. The lowest BCUT2D eigenvalue weighted by molar-refractivity contribution is -0.118. The highest BCUT2D eigenvalue weighted by Crippen LogP contribution is 2.35. The third kappa shape index (κ3) is 4.58. The average Bonchev–Trinajstić information content (AvgIpc) is 3.37. The maximum Gasteiger partial charge on any atom is 0.263 e. The summed E-state index contributed by atoms with van der Waals surface area (Å²) < 4.78 is 42.9. The number of hydrogen-bond acceptors (Lipinski definition) is 8. The summed E-state index contributed by atoms with van der Waals surface area (Å²) in [6.07, 6.45) is 1.51. The summed E-state index contributed by atoms with van der Waals surface area (Å²) in [4.78, 5) is 16.0. The van der Waals surface area contributed by atoms with Crippen LogP contribution in [0, 0.1) is 0 Å². The van der Waals surface area contributed by atoms with Crippen molar-refractivity contribution in [2.75, 3.05) is 23.4 Å². The van der Waals surface area contributed by atoms with E-state index in [0.717, 1.165) is 0 Å². The molecule has 1 aliphatic rings. The highest BCUT2D eigenvalue weighted by Gasteiger charge is 2.16. The van der Waals surface area contributed by atoms with Gasteiger partial charge in [0.25, 0.3) is 15.9 Å². The Bertz CT molecular complexity index is 1120. The number of aromatic nitrogens is 1. The van der Waals surface area contributed by atoms with Crippen LogP contribution >= 0.6 is 11.3 Å². The fraction of sp³-hybridized carbons (Fsp3) is 0.111. The predicted molar refractivity (Wildman–Crippen MR) is 106 cm³/mol. The number of thiazole rings is 1. The molecule has 2 aromatic carbocycles. The molecular weight excluding hydrogens is 418 g/mol. The van der Waals surface area contributed by atoms with Crippen molar-refractivity contribution in [2.45, 2.75) is 4.90 Å². The molecular formula is C18H15N3O6S2. The van der Waals surface area contributed by atoms with Crippen molar-refractivity contribution >= 4 is 38.1 Å². The van der Waals surface area contributed by atoms with Gasteiger partial charge >= 0.3 is 0 Å². The van der Waals surface area contributed by atoms with Gasteiger partial charge in [-0.15, -0.1) is 11.3 Å². The molecule has 0 fully saturated rings. The maximum atomic E-state index is 12.3. The van der Waals surface area contributed by atoms with Crippen LogP contribution in [0.4, 0.5) is 10.8 Å². The Balaban J connectivity index is 1.33. The molecule has 11 heteroatoms. The summed E-state index contributed by atoms with van der Waals surface area (Å²) in [7, 11) is -3.74. The second kappa shape index (κ2) is 7.97. The number of ether oxygens (including phenoxy) is 3. The van der Waals surface area contributed by atoms with Crippen LogP contribution in [0.25, 0.3) is 0 Å². The minimum absolute atomic E-state index is 0.0577. The fourth-order valence-electron chi connectivity index (χ4n) is 2.48. The number of rotatable bonds is 7. The number of carbonyl (C=O) groups excluding carboxylic acids is 1. The van der Waals surface area contributed by atoms with Crippen LogP contribution in [0.15, 0.2) is 58.9 Å². The minimum Gasteiger partial charge on any atom is -0.484 e. The molecule has 150 valence electrons. The predicted octanol–water partition coefficient (Wildman–Crippen LogP) is 2.69. The molecule has 0 atom stereocenters. The molecule has 1 amide bonds. The van der Waals surface area contributed by atoms with Crippen LogP contribution in [0.1, 0.15) is 0 Å². The SMILES string of the molecule is O=C(COc1ccc2c(c1)OCO2)Nc1ccc(S(=O)(=O)Nc2nccs2)cc1. The van der Waals surface area contributed by atoms with Crippen LogP contribution in [0.2, 0.25) is 0 Å². The molecule has 2 heterocycles. The maximum absolute atomic E-state index is 12.3. The van der Waals surface area contributed by atoms with E-state index in [1.807, 2.05) is 0 Å². The Labute approximate surface area is 170 Å². The Morgan fingerprint density at radius 3 is 2.69 bits per heavy atom. The zero-order valence-corrected chi connectivity index (χ0v) is 16.5. The van der Waals surface area contributed by atoms with Crippen LogP contribution < -0.4 is 24.2 Å². The largest absolute Gasteiger partial charge is 0.484 e. The normalized spacial score (nSPS) is 12.4. The Morgan fingerprint density at radius 1 is 1.14 bits per heavy atom. The van der Waals surface area contributed by atoms with Gasteiger partial charge in [0.15, 0.2) is 23.2 Å². The monoisotopic (exact) mass is 433 g/mol. The Morgan fingerprint density at radius 2 is 1.93 bits per heavy atom. The second-order valence-electron chi connectivity index (χ2n) is 5.82. The molecule has 0 bridgehead atoms. The molecule has 0 aliphatic carbocycles. The van der Waals surface area contributed by atoms with Crippen molar-refractivity contribution in [3.8, 4) is 17.2 Å². The zero-order valence-electron chi connectivity index (χ0n) is 14.8. The topological polar surface area (TPSA) is 116 Å². The van der Waals surface area contributed by atoms with Gasteiger partial charge < -0.3 is 19.5 Å². The van der Waals surface area contributed by atoms with Gasteiger partial charge in [-0.2, -0.15) is 0 Å². The first kappa shape index (κ1) is 19.0. The smallest absolute Gasteiger partial charge is 0.263 e. The van der Waals surface area contributed by atoms with Gasteiger partial charge in [-0.05, 0) is 36.4 Å². The molecule has 3 aromatic rings. The van der Waals surface area contributed by atoms with Gasteiger partial charge in [0.2, 0.25) is 6.79 Å². The van der Waals surface area contributed by atoms with E-state index in [4.69, 9.17) is 14.2 Å².